The van der Waals surface area contributed by atoms with Crippen LogP contribution in [0.4, 0.5) is 0 Å². The molecule has 1 N–H and O–H groups in total. The Hall–Kier alpha value is -1.84. The van der Waals surface area contributed by atoms with Gasteiger partial charge in [0.2, 0.25) is 5.91 Å². The number of rotatable bonds is 5. The third kappa shape index (κ3) is 4.73. The minimum Gasteiger partial charge on any atom is -0.469 e. The van der Waals surface area contributed by atoms with Crippen LogP contribution in [0.5, 0.6) is 0 Å². The highest BCUT2D eigenvalue weighted by atomic mass is 16.5. The highest BCUT2D eigenvalue weighted by Crippen LogP contribution is 2.15. The summed E-state index contributed by atoms with van der Waals surface area (Å²) in [5.74, 6) is -0.812. The number of benzene rings is 1. The van der Waals surface area contributed by atoms with Crippen molar-refractivity contribution in [3.05, 3.63) is 34.4 Å². The van der Waals surface area contributed by atoms with Crippen molar-refractivity contribution in [2.75, 3.05) is 13.7 Å². The van der Waals surface area contributed by atoms with Crippen molar-refractivity contribution in [1.29, 1.82) is 0 Å². The van der Waals surface area contributed by atoms with E-state index >= 15 is 0 Å². The predicted octanol–water partition coefficient (Wildman–Crippen LogP) is 1.83. The standard InChI is InChI=1S/C15H21NO3/c1-10-7-12(3)13(8-11(10)2)5-6-16-14(17)9-15(18)19-4/h7-8H,5-6,9H2,1-4H3,(H,16,17). The Morgan fingerprint density at radius 3 is 2.37 bits per heavy atom. The van der Waals surface area contributed by atoms with Gasteiger partial charge in [0.05, 0.1) is 7.11 Å². The predicted molar refractivity (Wildman–Crippen MR) is 74.0 cm³/mol. The van der Waals surface area contributed by atoms with Crippen LogP contribution in [0.1, 0.15) is 28.7 Å². The average molecular weight is 263 g/mol. The number of methoxy groups -OCH3 is 1. The van der Waals surface area contributed by atoms with Gasteiger partial charge >= 0.3 is 5.97 Å². The summed E-state index contributed by atoms with van der Waals surface area (Å²) in [6, 6.07) is 4.30. The van der Waals surface area contributed by atoms with Gasteiger partial charge in [-0.2, -0.15) is 0 Å². The number of hydrogen-bond acceptors (Lipinski definition) is 3. The number of ether oxygens (including phenoxy) is 1. The molecule has 0 heterocycles. The van der Waals surface area contributed by atoms with Gasteiger partial charge in [0, 0.05) is 6.54 Å². The maximum atomic E-state index is 11.4. The van der Waals surface area contributed by atoms with E-state index in [9.17, 15) is 9.59 Å². The molecule has 1 amide bonds. The number of esters is 1. The Kier molecular flexibility index (Phi) is 5.55. The molecule has 0 aromatic heterocycles. The Labute approximate surface area is 114 Å². The number of nitrogens with one attached hydrogen (secondary N) is 1. The largest absolute Gasteiger partial charge is 0.469 e. The molecule has 0 radical (unpaired) electrons. The fourth-order valence-electron chi connectivity index (χ4n) is 1.89. The van der Waals surface area contributed by atoms with Crippen molar-refractivity contribution >= 4 is 11.9 Å². The molecule has 0 aliphatic carbocycles. The lowest BCUT2D eigenvalue weighted by molar-refractivity contribution is -0.143. The number of carbonyl (C=O) groups is 2. The zero-order chi connectivity index (χ0) is 14.4. The van der Waals surface area contributed by atoms with E-state index in [0.717, 1.165) is 6.42 Å². The third-order valence-corrected chi connectivity index (χ3v) is 3.20. The van der Waals surface area contributed by atoms with Crippen LogP contribution in [0, 0.1) is 20.8 Å². The summed E-state index contributed by atoms with van der Waals surface area (Å²) >= 11 is 0. The zero-order valence-corrected chi connectivity index (χ0v) is 12.0. The van der Waals surface area contributed by atoms with Crippen LogP contribution in [0.3, 0.4) is 0 Å². The van der Waals surface area contributed by atoms with Gasteiger partial charge in [-0.15, -0.1) is 0 Å². The van der Waals surface area contributed by atoms with E-state index in [2.05, 4.69) is 43.0 Å². The molecule has 4 nitrogen and oxygen atoms in total. The monoisotopic (exact) mass is 263 g/mol. The van der Waals surface area contributed by atoms with Crippen LogP contribution in [0.2, 0.25) is 0 Å². The maximum absolute atomic E-state index is 11.4. The van der Waals surface area contributed by atoms with Crippen molar-refractivity contribution in [1.82, 2.24) is 5.32 Å². The van der Waals surface area contributed by atoms with Gasteiger partial charge in [-0.05, 0) is 49.4 Å². The molecule has 0 bridgehead atoms. The first kappa shape index (κ1) is 15.2. The van der Waals surface area contributed by atoms with Crippen molar-refractivity contribution in [2.45, 2.75) is 33.6 Å². The lowest BCUT2D eigenvalue weighted by Crippen LogP contribution is -2.28. The highest BCUT2D eigenvalue weighted by molar-refractivity contribution is 5.94. The summed E-state index contributed by atoms with van der Waals surface area (Å²) in [7, 11) is 1.27. The minimum absolute atomic E-state index is 0.220. The molecule has 104 valence electrons. The molecule has 0 fully saturated rings. The first-order chi connectivity index (χ1) is 8.93. The van der Waals surface area contributed by atoms with Crippen LogP contribution in [0.15, 0.2) is 12.1 Å². The average Bonchev–Trinajstić information content (AvgIpc) is 2.35. The molecule has 0 spiro atoms. The lowest BCUT2D eigenvalue weighted by atomic mass is 9.99. The van der Waals surface area contributed by atoms with E-state index in [0.29, 0.717) is 6.54 Å². The van der Waals surface area contributed by atoms with Crippen molar-refractivity contribution in [2.24, 2.45) is 0 Å². The smallest absolute Gasteiger partial charge is 0.315 e. The Balaban J connectivity index is 2.47. The summed E-state index contributed by atoms with van der Waals surface area (Å²) in [6.45, 7) is 6.76. The van der Waals surface area contributed by atoms with Crippen LogP contribution < -0.4 is 5.32 Å². The first-order valence-corrected chi connectivity index (χ1v) is 6.34. The molecule has 4 heteroatoms. The number of amides is 1. The second kappa shape index (κ2) is 6.92. The summed E-state index contributed by atoms with van der Waals surface area (Å²) in [6.07, 6.45) is 0.544. The Morgan fingerprint density at radius 1 is 1.11 bits per heavy atom. The molecule has 1 aromatic rings. The molecule has 19 heavy (non-hydrogen) atoms. The molecule has 0 atom stereocenters. The SMILES string of the molecule is COC(=O)CC(=O)NCCc1cc(C)c(C)cc1C. The van der Waals surface area contributed by atoms with Crippen LogP contribution in [-0.4, -0.2) is 25.5 Å². The molecule has 0 saturated heterocycles. The number of hydrogen-bond donors (Lipinski definition) is 1. The van der Waals surface area contributed by atoms with Crippen molar-refractivity contribution in [3.63, 3.8) is 0 Å². The third-order valence-electron chi connectivity index (χ3n) is 3.20. The van der Waals surface area contributed by atoms with Gasteiger partial charge in [0.15, 0.2) is 0 Å². The normalized spacial score (nSPS) is 10.1. The minimum atomic E-state index is -0.514. The van der Waals surface area contributed by atoms with Crippen LogP contribution in [-0.2, 0) is 20.7 Å². The zero-order valence-electron chi connectivity index (χ0n) is 12.0. The highest BCUT2D eigenvalue weighted by Gasteiger charge is 2.09. The molecule has 1 aromatic carbocycles. The summed E-state index contributed by atoms with van der Waals surface area (Å²) < 4.78 is 4.43. The number of aryl methyl sites for hydroxylation is 3. The summed E-state index contributed by atoms with van der Waals surface area (Å²) in [5.41, 5.74) is 4.98. The van der Waals surface area contributed by atoms with Crippen molar-refractivity contribution < 1.29 is 14.3 Å². The van der Waals surface area contributed by atoms with E-state index in [4.69, 9.17) is 0 Å². The van der Waals surface area contributed by atoms with Crippen molar-refractivity contribution in [3.8, 4) is 0 Å². The molecule has 0 aliphatic rings. The quantitative estimate of drug-likeness (QED) is 0.651. The second-order valence-corrected chi connectivity index (χ2v) is 4.72. The topological polar surface area (TPSA) is 55.4 Å². The van der Waals surface area contributed by atoms with Crippen LogP contribution >= 0.6 is 0 Å². The van der Waals surface area contributed by atoms with Gasteiger partial charge in [0.25, 0.3) is 0 Å². The van der Waals surface area contributed by atoms with E-state index in [1.54, 1.807) is 0 Å². The van der Waals surface area contributed by atoms with E-state index < -0.39 is 5.97 Å². The first-order valence-electron chi connectivity index (χ1n) is 6.34. The van der Waals surface area contributed by atoms with E-state index in [1.165, 1.54) is 29.4 Å². The van der Waals surface area contributed by atoms with Crippen LogP contribution in [0.25, 0.3) is 0 Å². The van der Waals surface area contributed by atoms with Gasteiger partial charge in [-0.25, -0.2) is 0 Å². The Morgan fingerprint density at radius 2 is 1.74 bits per heavy atom. The van der Waals surface area contributed by atoms with E-state index in [1.807, 2.05) is 0 Å². The fourth-order valence-corrected chi connectivity index (χ4v) is 1.89. The molecule has 0 saturated carbocycles. The molecule has 1 rings (SSSR count). The summed E-state index contributed by atoms with van der Waals surface area (Å²) in [5, 5.41) is 2.72. The molecule has 0 aliphatic heterocycles. The maximum Gasteiger partial charge on any atom is 0.315 e. The molecular weight excluding hydrogens is 242 g/mol. The number of carbonyl (C=O) groups excluding carboxylic acids is 2. The Bertz CT molecular complexity index is 481. The molecular formula is C15H21NO3. The van der Waals surface area contributed by atoms with Gasteiger partial charge < -0.3 is 10.1 Å². The summed E-state index contributed by atoms with van der Waals surface area (Å²) in [4.78, 5) is 22.3. The molecule has 0 unspecified atom stereocenters. The van der Waals surface area contributed by atoms with Gasteiger partial charge in [-0.3, -0.25) is 9.59 Å². The lowest BCUT2D eigenvalue weighted by Gasteiger charge is -2.10. The van der Waals surface area contributed by atoms with Gasteiger partial charge in [-0.1, -0.05) is 12.1 Å². The fraction of sp³-hybridized carbons (Fsp3) is 0.467. The second-order valence-electron chi connectivity index (χ2n) is 4.72. The van der Waals surface area contributed by atoms with Gasteiger partial charge in [0.1, 0.15) is 6.42 Å². The van der Waals surface area contributed by atoms with E-state index in [-0.39, 0.29) is 12.3 Å².